The normalized spacial score (nSPS) is 10.4. The van der Waals surface area contributed by atoms with E-state index in [0.717, 1.165) is 16.8 Å². The maximum atomic E-state index is 9.94. The predicted molar refractivity (Wildman–Crippen MR) is 46.9 cm³/mol. The van der Waals surface area contributed by atoms with E-state index in [1.165, 1.54) is 17.4 Å². The molecule has 1 rings (SSSR count). The molecule has 0 aromatic carbocycles. The molecule has 0 aliphatic rings. The molecule has 4 nitrogen and oxygen atoms in total. The summed E-state index contributed by atoms with van der Waals surface area (Å²) in [5, 5.41) is 11.7. The van der Waals surface area contributed by atoms with Crippen LogP contribution in [0.15, 0.2) is 17.6 Å². The summed E-state index contributed by atoms with van der Waals surface area (Å²) >= 11 is 1.40. The molecule has 0 aliphatic heterocycles. The zero-order chi connectivity index (χ0) is 8.97. The van der Waals surface area contributed by atoms with Gasteiger partial charge in [-0.25, -0.2) is 0 Å². The van der Waals surface area contributed by atoms with Crippen LogP contribution in [0, 0.1) is 10.1 Å². The first kappa shape index (κ1) is 8.73. The van der Waals surface area contributed by atoms with E-state index in [0.29, 0.717) is 0 Å². The Labute approximate surface area is 73.2 Å². The molecule has 0 bridgehead atoms. The van der Waals surface area contributed by atoms with Crippen LogP contribution < -0.4 is 4.74 Å². The Morgan fingerprint density at radius 1 is 1.75 bits per heavy atom. The fraction of sp³-hybridized carbons (Fsp3) is 0.143. The Morgan fingerprint density at radius 3 is 3.00 bits per heavy atom. The molecule has 1 heterocycles. The van der Waals surface area contributed by atoms with Crippen molar-refractivity contribution in [1.82, 2.24) is 0 Å². The van der Waals surface area contributed by atoms with E-state index in [1.807, 2.05) is 0 Å². The highest BCUT2D eigenvalue weighted by Gasteiger charge is 1.96. The number of hydrogen-bond donors (Lipinski definition) is 0. The lowest BCUT2D eigenvalue weighted by atomic mass is 10.4. The summed E-state index contributed by atoms with van der Waals surface area (Å²) in [6.45, 7) is 0. The lowest BCUT2D eigenvalue weighted by Crippen LogP contribution is -1.80. The van der Waals surface area contributed by atoms with Crippen molar-refractivity contribution in [3.8, 4) is 5.75 Å². The number of hydrogen-bond acceptors (Lipinski definition) is 4. The van der Waals surface area contributed by atoms with E-state index in [9.17, 15) is 10.1 Å². The van der Waals surface area contributed by atoms with Crippen LogP contribution in [0.3, 0.4) is 0 Å². The summed E-state index contributed by atoms with van der Waals surface area (Å²) in [6, 6.07) is 1.74. The van der Waals surface area contributed by atoms with Gasteiger partial charge in [0.2, 0.25) is 6.20 Å². The first-order valence-corrected chi connectivity index (χ1v) is 4.04. The Bertz CT molecular complexity index is 305. The van der Waals surface area contributed by atoms with Crippen molar-refractivity contribution in [2.24, 2.45) is 0 Å². The number of thiophene rings is 1. The minimum Gasteiger partial charge on any atom is -0.496 e. The summed E-state index contributed by atoms with van der Waals surface area (Å²) in [4.78, 5) is 10.3. The van der Waals surface area contributed by atoms with Crippen molar-refractivity contribution in [3.05, 3.63) is 32.6 Å². The summed E-state index contributed by atoms with van der Waals surface area (Å²) < 4.78 is 4.91. The van der Waals surface area contributed by atoms with Gasteiger partial charge in [0.15, 0.2) is 0 Å². The lowest BCUT2D eigenvalue weighted by Gasteiger charge is -1.87. The smallest absolute Gasteiger partial charge is 0.235 e. The Morgan fingerprint density at radius 2 is 2.50 bits per heavy atom. The van der Waals surface area contributed by atoms with Crippen molar-refractivity contribution in [2.45, 2.75) is 0 Å². The Hall–Kier alpha value is -1.36. The highest BCUT2D eigenvalue weighted by atomic mass is 32.1. The van der Waals surface area contributed by atoms with Crippen LogP contribution in [0.1, 0.15) is 4.88 Å². The lowest BCUT2D eigenvalue weighted by molar-refractivity contribution is -0.400. The zero-order valence-corrected chi connectivity index (χ0v) is 7.21. The number of methoxy groups -OCH3 is 1. The van der Waals surface area contributed by atoms with Crippen LogP contribution in [-0.2, 0) is 0 Å². The van der Waals surface area contributed by atoms with Gasteiger partial charge in [0.25, 0.3) is 0 Å². The molecule has 0 saturated heterocycles. The molecule has 12 heavy (non-hydrogen) atoms. The average Bonchev–Trinajstić information content (AvgIpc) is 2.48. The third-order valence-electron chi connectivity index (χ3n) is 1.19. The summed E-state index contributed by atoms with van der Waals surface area (Å²) in [5.74, 6) is 0.725. The van der Waals surface area contributed by atoms with E-state index in [4.69, 9.17) is 4.74 Å². The molecule has 0 aliphatic carbocycles. The fourth-order valence-electron chi connectivity index (χ4n) is 0.663. The standard InChI is InChI=1S/C7H7NO3S/c1-11-6-4-7(12-5-6)2-3-8(9)10/h2-5H,1H3. The molecule has 0 N–H and O–H groups in total. The van der Waals surface area contributed by atoms with Crippen molar-refractivity contribution in [3.63, 3.8) is 0 Å². The summed E-state index contributed by atoms with van der Waals surface area (Å²) in [7, 11) is 1.56. The molecular weight excluding hydrogens is 178 g/mol. The molecular formula is C7H7NO3S. The molecule has 0 unspecified atom stereocenters. The SMILES string of the molecule is COc1csc(C=C[N+](=O)[O-])c1. The van der Waals surface area contributed by atoms with Gasteiger partial charge in [-0.1, -0.05) is 0 Å². The van der Waals surface area contributed by atoms with Crippen molar-refractivity contribution < 1.29 is 9.66 Å². The van der Waals surface area contributed by atoms with Crippen LogP contribution in [0.25, 0.3) is 6.08 Å². The van der Waals surface area contributed by atoms with Gasteiger partial charge < -0.3 is 4.74 Å². The average molecular weight is 185 g/mol. The zero-order valence-electron chi connectivity index (χ0n) is 6.39. The first-order chi connectivity index (χ1) is 5.72. The van der Waals surface area contributed by atoms with Crippen molar-refractivity contribution in [2.75, 3.05) is 7.11 Å². The van der Waals surface area contributed by atoms with E-state index < -0.39 is 4.92 Å². The molecule has 0 fully saturated rings. The molecule has 5 heteroatoms. The number of nitrogens with zero attached hydrogens (tertiary/aromatic N) is 1. The van der Waals surface area contributed by atoms with Crippen molar-refractivity contribution >= 4 is 17.4 Å². The Balaban J connectivity index is 2.70. The van der Waals surface area contributed by atoms with E-state index in [-0.39, 0.29) is 0 Å². The highest BCUT2D eigenvalue weighted by molar-refractivity contribution is 7.11. The second kappa shape index (κ2) is 3.87. The first-order valence-electron chi connectivity index (χ1n) is 3.16. The maximum absolute atomic E-state index is 9.94. The number of nitro groups is 1. The van der Waals surface area contributed by atoms with Gasteiger partial charge in [-0.15, -0.1) is 11.3 Å². The van der Waals surface area contributed by atoms with Crippen LogP contribution in [0.4, 0.5) is 0 Å². The molecule has 1 aromatic rings. The third kappa shape index (κ3) is 2.35. The minimum atomic E-state index is -0.494. The quantitative estimate of drug-likeness (QED) is 0.534. The topological polar surface area (TPSA) is 52.4 Å². The van der Waals surface area contributed by atoms with Crippen LogP contribution in [0.5, 0.6) is 5.75 Å². The molecule has 0 amide bonds. The van der Waals surface area contributed by atoms with E-state index in [2.05, 4.69) is 0 Å². The number of ether oxygens (including phenoxy) is 1. The van der Waals surface area contributed by atoms with Gasteiger partial charge in [0.05, 0.1) is 12.0 Å². The molecule has 0 atom stereocenters. The second-order valence-corrected chi connectivity index (χ2v) is 2.93. The molecule has 0 saturated carbocycles. The predicted octanol–water partition coefficient (Wildman–Crippen LogP) is 2.00. The molecule has 0 radical (unpaired) electrons. The third-order valence-corrected chi connectivity index (χ3v) is 2.07. The van der Waals surface area contributed by atoms with Crippen molar-refractivity contribution in [1.29, 1.82) is 0 Å². The van der Waals surface area contributed by atoms with Crippen LogP contribution >= 0.6 is 11.3 Å². The van der Waals surface area contributed by atoms with Gasteiger partial charge in [0.1, 0.15) is 5.75 Å². The van der Waals surface area contributed by atoms with Gasteiger partial charge >= 0.3 is 0 Å². The molecule has 0 spiro atoms. The Kier molecular flexibility index (Phi) is 2.82. The second-order valence-electron chi connectivity index (χ2n) is 1.99. The molecule has 64 valence electrons. The van der Waals surface area contributed by atoms with E-state index >= 15 is 0 Å². The van der Waals surface area contributed by atoms with Crippen LogP contribution in [-0.4, -0.2) is 12.0 Å². The summed E-state index contributed by atoms with van der Waals surface area (Å²) in [5.41, 5.74) is 0. The van der Waals surface area contributed by atoms with E-state index in [1.54, 1.807) is 18.6 Å². The monoisotopic (exact) mass is 185 g/mol. The fourth-order valence-corrected chi connectivity index (χ4v) is 1.40. The van der Waals surface area contributed by atoms with Gasteiger partial charge in [-0.2, -0.15) is 0 Å². The highest BCUT2D eigenvalue weighted by Crippen LogP contribution is 2.21. The van der Waals surface area contributed by atoms with Gasteiger partial charge in [-0.3, -0.25) is 10.1 Å². The number of rotatable bonds is 3. The largest absolute Gasteiger partial charge is 0.496 e. The van der Waals surface area contributed by atoms with Crippen LogP contribution in [0.2, 0.25) is 0 Å². The molecule has 1 aromatic heterocycles. The van der Waals surface area contributed by atoms with Gasteiger partial charge in [0, 0.05) is 16.3 Å². The summed E-state index contributed by atoms with van der Waals surface area (Å²) in [6.07, 6.45) is 2.35. The minimum absolute atomic E-state index is 0.494. The van der Waals surface area contributed by atoms with Gasteiger partial charge in [-0.05, 0) is 6.07 Å². The maximum Gasteiger partial charge on any atom is 0.235 e.